The fourth-order valence-electron chi connectivity index (χ4n) is 1.85. The lowest BCUT2D eigenvalue weighted by atomic mass is 10.2. The molecule has 1 heterocycles. The number of rotatable bonds is 6. The third-order valence-electron chi connectivity index (χ3n) is 2.65. The third-order valence-corrected chi connectivity index (χ3v) is 2.65. The summed E-state index contributed by atoms with van der Waals surface area (Å²) >= 11 is 0. The second-order valence-corrected chi connectivity index (χ2v) is 4.09. The molecule has 0 aliphatic carbocycles. The van der Waals surface area contributed by atoms with Crippen LogP contribution in [0.1, 0.15) is 19.8 Å². The highest BCUT2D eigenvalue weighted by Gasteiger charge is 2.22. The van der Waals surface area contributed by atoms with Crippen LogP contribution in [0.5, 0.6) is 0 Å². The first kappa shape index (κ1) is 13.9. The number of aliphatic carboxylic acids is 1. The number of hydrogen-bond acceptors (Lipinski definition) is 4. The number of carbonyl (C=O) groups excluding carboxylic acids is 1. The average molecular weight is 244 g/mol. The quantitative estimate of drug-likeness (QED) is 0.670. The fraction of sp³-hybridized carbons (Fsp3) is 0.818. The fourth-order valence-corrected chi connectivity index (χ4v) is 1.85. The first-order valence-corrected chi connectivity index (χ1v) is 5.94. The molecule has 1 aliphatic heterocycles. The summed E-state index contributed by atoms with van der Waals surface area (Å²) in [5, 5.41) is 11.4. The van der Waals surface area contributed by atoms with E-state index in [2.05, 4.69) is 10.2 Å². The molecular formula is C11H20N2O4. The molecule has 1 amide bonds. The Hall–Kier alpha value is -1.14. The molecule has 0 bridgehead atoms. The smallest absolute Gasteiger partial charge is 0.306 e. The number of nitrogens with one attached hydrogen (secondary N) is 1. The molecule has 17 heavy (non-hydrogen) atoms. The van der Waals surface area contributed by atoms with Crippen molar-refractivity contribution in [1.29, 1.82) is 0 Å². The maximum absolute atomic E-state index is 11.3. The molecule has 0 aromatic heterocycles. The van der Waals surface area contributed by atoms with E-state index < -0.39 is 5.97 Å². The number of carbonyl (C=O) groups is 2. The molecule has 0 aromatic rings. The van der Waals surface area contributed by atoms with Crippen LogP contribution in [0.3, 0.4) is 0 Å². The zero-order valence-electron chi connectivity index (χ0n) is 10.1. The van der Waals surface area contributed by atoms with Gasteiger partial charge in [0.15, 0.2) is 0 Å². The Morgan fingerprint density at radius 3 is 2.94 bits per heavy atom. The van der Waals surface area contributed by atoms with Crippen molar-refractivity contribution in [3.8, 4) is 0 Å². The van der Waals surface area contributed by atoms with Crippen molar-refractivity contribution in [2.75, 3.05) is 32.8 Å². The lowest BCUT2D eigenvalue weighted by molar-refractivity contribution is -0.142. The third kappa shape index (κ3) is 5.65. The van der Waals surface area contributed by atoms with Crippen LogP contribution in [0.15, 0.2) is 0 Å². The summed E-state index contributed by atoms with van der Waals surface area (Å²) < 4.78 is 5.35. The monoisotopic (exact) mass is 244 g/mol. The zero-order valence-corrected chi connectivity index (χ0v) is 10.1. The van der Waals surface area contributed by atoms with Gasteiger partial charge in [-0.05, 0) is 6.92 Å². The van der Waals surface area contributed by atoms with Gasteiger partial charge in [-0.25, -0.2) is 0 Å². The standard InChI is InChI=1S/C11H20N2O4/c1-2-12-10(14)3-4-13-5-6-17-9(8-13)7-11(15)16/h9H,2-8H2,1H3,(H,12,14)(H,15,16). The second kappa shape index (κ2) is 7.24. The van der Waals surface area contributed by atoms with Gasteiger partial charge in [-0.1, -0.05) is 0 Å². The summed E-state index contributed by atoms with van der Waals surface area (Å²) in [5.74, 6) is -0.811. The van der Waals surface area contributed by atoms with Crippen LogP contribution in [-0.2, 0) is 14.3 Å². The van der Waals surface area contributed by atoms with Gasteiger partial charge < -0.3 is 15.2 Å². The van der Waals surface area contributed by atoms with E-state index in [-0.39, 0.29) is 18.4 Å². The van der Waals surface area contributed by atoms with E-state index >= 15 is 0 Å². The van der Waals surface area contributed by atoms with Gasteiger partial charge in [-0.15, -0.1) is 0 Å². The molecule has 2 N–H and O–H groups in total. The second-order valence-electron chi connectivity index (χ2n) is 4.09. The minimum absolute atomic E-state index is 0.0255. The molecule has 6 heteroatoms. The van der Waals surface area contributed by atoms with Gasteiger partial charge in [0.25, 0.3) is 0 Å². The minimum atomic E-state index is -0.847. The largest absolute Gasteiger partial charge is 0.481 e. The molecule has 1 saturated heterocycles. The van der Waals surface area contributed by atoms with Gasteiger partial charge >= 0.3 is 5.97 Å². The Labute approximate surface area is 101 Å². The molecule has 0 radical (unpaired) electrons. The van der Waals surface area contributed by atoms with Crippen molar-refractivity contribution in [3.05, 3.63) is 0 Å². The Morgan fingerprint density at radius 1 is 1.53 bits per heavy atom. The summed E-state index contributed by atoms with van der Waals surface area (Å²) in [6.45, 7) is 5.07. The van der Waals surface area contributed by atoms with E-state index in [0.29, 0.717) is 32.7 Å². The average Bonchev–Trinajstić information content (AvgIpc) is 2.26. The summed E-state index contributed by atoms with van der Waals surface area (Å²) in [7, 11) is 0. The number of carboxylic acids is 1. The summed E-state index contributed by atoms with van der Waals surface area (Å²) in [6.07, 6.45) is 0.223. The predicted molar refractivity (Wildman–Crippen MR) is 61.7 cm³/mol. The van der Waals surface area contributed by atoms with Crippen LogP contribution >= 0.6 is 0 Å². The van der Waals surface area contributed by atoms with E-state index in [1.165, 1.54) is 0 Å². The van der Waals surface area contributed by atoms with Crippen LogP contribution in [0.4, 0.5) is 0 Å². The molecule has 6 nitrogen and oxygen atoms in total. The molecule has 1 aliphatic rings. The molecule has 1 unspecified atom stereocenters. The lowest BCUT2D eigenvalue weighted by Crippen LogP contribution is -2.44. The number of nitrogens with zero attached hydrogens (tertiary/aromatic N) is 1. The molecular weight excluding hydrogens is 224 g/mol. The van der Waals surface area contributed by atoms with Crippen LogP contribution < -0.4 is 5.32 Å². The van der Waals surface area contributed by atoms with Gasteiger partial charge in [-0.2, -0.15) is 0 Å². The maximum Gasteiger partial charge on any atom is 0.306 e. The van der Waals surface area contributed by atoms with E-state index in [1.54, 1.807) is 0 Å². The topological polar surface area (TPSA) is 78.9 Å². The molecule has 0 saturated carbocycles. The van der Waals surface area contributed by atoms with Crippen molar-refractivity contribution < 1.29 is 19.4 Å². The van der Waals surface area contributed by atoms with E-state index in [0.717, 1.165) is 6.54 Å². The number of hydrogen-bond donors (Lipinski definition) is 2. The van der Waals surface area contributed by atoms with Crippen LogP contribution in [0.2, 0.25) is 0 Å². The maximum atomic E-state index is 11.3. The number of morpholine rings is 1. The summed E-state index contributed by atoms with van der Waals surface area (Å²) in [6, 6.07) is 0. The SMILES string of the molecule is CCNC(=O)CCN1CCOC(CC(=O)O)C1. The highest BCUT2D eigenvalue weighted by atomic mass is 16.5. The first-order valence-electron chi connectivity index (χ1n) is 5.94. The van der Waals surface area contributed by atoms with Crippen molar-refractivity contribution >= 4 is 11.9 Å². The predicted octanol–water partition coefficient (Wildman–Crippen LogP) is -0.312. The van der Waals surface area contributed by atoms with Gasteiger partial charge in [0.2, 0.25) is 5.91 Å². The van der Waals surface area contributed by atoms with Gasteiger partial charge in [0, 0.05) is 32.6 Å². The molecule has 1 rings (SSSR count). The molecule has 0 aromatic carbocycles. The number of amides is 1. The molecule has 1 fully saturated rings. The van der Waals surface area contributed by atoms with Gasteiger partial charge in [0.1, 0.15) is 0 Å². The highest BCUT2D eigenvalue weighted by molar-refractivity contribution is 5.75. The van der Waals surface area contributed by atoms with E-state index in [4.69, 9.17) is 9.84 Å². The van der Waals surface area contributed by atoms with Crippen molar-refractivity contribution in [1.82, 2.24) is 10.2 Å². The van der Waals surface area contributed by atoms with Crippen LogP contribution in [-0.4, -0.2) is 60.8 Å². The number of carboxylic acid groups (broad SMARTS) is 1. The van der Waals surface area contributed by atoms with E-state index in [1.807, 2.05) is 6.92 Å². The zero-order chi connectivity index (χ0) is 12.7. The summed E-state index contributed by atoms with van der Waals surface area (Å²) in [5.41, 5.74) is 0. The Bertz CT molecular complexity index is 270. The van der Waals surface area contributed by atoms with Crippen LogP contribution in [0, 0.1) is 0 Å². The number of ether oxygens (including phenoxy) is 1. The molecule has 0 spiro atoms. The van der Waals surface area contributed by atoms with Crippen LogP contribution in [0.25, 0.3) is 0 Å². The highest BCUT2D eigenvalue weighted by Crippen LogP contribution is 2.08. The Kier molecular flexibility index (Phi) is 5.93. The minimum Gasteiger partial charge on any atom is -0.481 e. The lowest BCUT2D eigenvalue weighted by Gasteiger charge is -2.32. The van der Waals surface area contributed by atoms with Gasteiger partial charge in [0.05, 0.1) is 19.1 Å². The summed E-state index contributed by atoms with van der Waals surface area (Å²) in [4.78, 5) is 23.9. The normalized spacial score (nSPS) is 21.1. The first-order chi connectivity index (χ1) is 8.11. The van der Waals surface area contributed by atoms with Crippen molar-refractivity contribution in [3.63, 3.8) is 0 Å². The van der Waals surface area contributed by atoms with Crippen molar-refractivity contribution in [2.45, 2.75) is 25.9 Å². The Balaban J connectivity index is 2.24. The molecule has 98 valence electrons. The van der Waals surface area contributed by atoms with Crippen molar-refractivity contribution in [2.24, 2.45) is 0 Å². The Morgan fingerprint density at radius 2 is 2.29 bits per heavy atom. The van der Waals surface area contributed by atoms with Gasteiger partial charge in [-0.3, -0.25) is 14.5 Å². The molecule has 1 atom stereocenters. The van der Waals surface area contributed by atoms with E-state index in [9.17, 15) is 9.59 Å².